The third-order valence-electron chi connectivity index (χ3n) is 2.99. The minimum atomic E-state index is -0.328. The van der Waals surface area contributed by atoms with Gasteiger partial charge in [-0.25, -0.2) is 0 Å². The van der Waals surface area contributed by atoms with Crippen molar-refractivity contribution in [3.05, 3.63) is 0 Å². The maximum absolute atomic E-state index is 11.5. The molecule has 2 heteroatoms. The Morgan fingerprint density at radius 1 is 1.27 bits per heavy atom. The minimum absolute atomic E-state index is 0.303. The van der Waals surface area contributed by atoms with Gasteiger partial charge in [-0.1, -0.05) is 13.8 Å². The van der Waals surface area contributed by atoms with Gasteiger partial charge in [0.05, 0.1) is 17.6 Å². The van der Waals surface area contributed by atoms with Crippen LogP contribution in [0, 0.1) is 5.41 Å². The van der Waals surface area contributed by atoms with Gasteiger partial charge in [-0.3, -0.25) is 4.79 Å². The molecule has 0 atom stereocenters. The molecule has 1 heterocycles. The van der Waals surface area contributed by atoms with E-state index in [0.29, 0.717) is 18.8 Å². The summed E-state index contributed by atoms with van der Waals surface area (Å²) in [5.41, 5.74) is -0.631. The lowest BCUT2D eigenvalue weighted by Gasteiger charge is -2.43. The molecule has 2 nitrogen and oxygen atoms in total. The summed E-state index contributed by atoms with van der Waals surface area (Å²) in [4.78, 5) is 11.5. The van der Waals surface area contributed by atoms with E-state index in [0.717, 1.165) is 0 Å². The molecular weight excluding hydrogens is 140 g/mol. The molecule has 0 aromatic heterocycles. The Morgan fingerprint density at radius 3 is 2.18 bits per heavy atom. The van der Waals surface area contributed by atoms with Gasteiger partial charge in [-0.15, -0.1) is 0 Å². The van der Waals surface area contributed by atoms with Gasteiger partial charge in [-0.05, 0) is 13.8 Å². The van der Waals surface area contributed by atoms with Gasteiger partial charge in [0.25, 0.3) is 0 Å². The molecule has 0 bridgehead atoms. The van der Waals surface area contributed by atoms with Gasteiger partial charge in [0.1, 0.15) is 5.78 Å². The fraction of sp³-hybridized carbons (Fsp3) is 0.889. The van der Waals surface area contributed by atoms with Crippen LogP contribution < -0.4 is 0 Å². The molecule has 64 valence electrons. The van der Waals surface area contributed by atoms with E-state index in [4.69, 9.17) is 4.74 Å². The second kappa shape index (κ2) is 2.31. The molecule has 1 fully saturated rings. The summed E-state index contributed by atoms with van der Waals surface area (Å²) >= 11 is 0. The molecule has 0 aromatic rings. The smallest absolute Gasteiger partial charge is 0.143 e. The van der Waals surface area contributed by atoms with Crippen LogP contribution in [0.2, 0.25) is 0 Å². The normalized spacial score (nSPS) is 28.5. The highest BCUT2D eigenvalue weighted by molar-refractivity contribution is 5.86. The second-order valence-electron chi connectivity index (χ2n) is 4.16. The number of hydrogen-bond acceptors (Lipinski definition) is 2. The summed E-state index contributed by atoms with van der Waals surface area (Å²) in [5, 5.41) is 0. The molecule has 0 saturated carbocycles. The molecule has 0 unspecified atom stereocenters. The first-order valence-corrected chi connectivity index (χ1v) is 4.05. The van der Waals surface area contributed by atoms with Gasteiger partial charge in [0.15, 0.2) is 0 Å². The monoisotopic (exact) mass is 156 g/mol. The van der Waals surface area contributed by atoms with Gasteiger partial charge < -0.3 is 4.74 Å². The van der Waals surface area contributed by atoms with Crippen LogP contribution in [-0.4, -0.2) is 18.0 Å². The van der Waals surface area contributed by atoms with E-state index in [2.05, 4.69) is 0 Å². The molecule has 0 aromatic carbocycles. The maximum Gasteiger partial charge on any atom is 0.143 e. The number of carbonyl (C=O) groups is 1. The molecule has 11 heavy (non-hydrogen) atoms. The molecule has 0 radical (unpaired) electrons. The molecular formula is C9H16O2. The molecule has 0 amide bonds. The minimum Gasteiger partial charge on any atom is -0.374 e. The van der Waals surface area contributed by atoms with Crippen molar-refractivity contribution in [3.8, 4) is 0 Å². The van der Waals surface area contributed by atoms with Crippen LogP contribution in [0.4, 0.5) is 0 Å². The Balaban J connectivity index is 2.91. The van der Waals surface area contributed by atoms with Gasteiger partial charge in [0, 0.05) is 6.42 Å². The lowest BCUT2D eigenvalue weighted by atomic mass is 9.71. The Hall–Kier alpha value is -0.370. The van der Waals surface area contributed by atoms with Crippen molar-refractivity contribution in [1.29, 1.82) is 0 Å². The third kappa shape index (κ3) is 1.20. The summed E-state index contributed by atoms with van der Waals surface area (Å²) in [6.45, 7) is 8.44. The highest BCUT2D eigenvalue weighted by Gasteiger charge is 2.46. The first kappa shape index (κ1) is 8.72. The second-order valence-corrected chi connectivity index (χ2v) is 4.16. The van der Waals surface area contributed by atoms with Gasteiger partial charge in [-0.2, -0.15) is 0 Å². The fourth-order valence-corrected chi connectivity index (χ4v) is 1.23. The molecule has 0 spiro atoms. The van der Waals surface area contributed by atoms with Crippen molar-refractivity contribution in [3.63, 3.8) is 0 Å². The van der Waals surface area contributed by atoms with Crippen LogP contribution in [0.3, 0.4) is 0 Å². The SMILES string of the molecule is CC1(C)OCCC(=O)C1(C)C. The van der Waals surface area contributed by atoms with Crippen molar-refractivity contribution < 1.29 is 9.53 Å². The standard InChI is InChI=1S/C9H16O2/c1-8(2)7(10)5-6-11-9(8,3)4/h5-6H2,1-4H3. The number of Topliss-reactive ketones (excluding diaryl/α,β-unsaturated/α-hetero) is 1. The van der Waals surface area contributed by atoms with E-state index in [1.165, 1.54) is 0 Å². The maximum atomic E-state index is 11.5. The number of ether oxygens (including phenoxy) is 1. The van der Waals surface area contributed by atoms with Crippen molar-refractivity contribution in [2.75, 3.05) is 6.61 Å². The van der Waals surface area contributed by atoms with Crippen molar-refractivity contribution in [1.82, 2.24) is 0 Å². The number of ketones is 1. The Kier molecular flexibility index (Phi) is 1.83. The first-order valence-electron chi connectivity index (χ1n) is 4.05. The fourth-order valence-electron chi connectivity index (χ4n) is 1.23. The number of rotatable bonds is 0. The Bertz CT molecular complexity index is 180. The largest absolute Gasteiger partial charge is 0.374 e. The predicted molar refractivity (Wildman–Crippen MR) is 43.4 cm³/mol. The van der Waals surface area contributed by atoms with E-state index in [-0.39, 0.29) is 11.0 Å². The van der Waals surface area contributed by atoms with E-state index < -0.39 is 0 Å². The van der Waals surface area contributed by atoms with Gasteiger partial charge in [0.2, 0.25) is 0 Å². The summed E-state index contributed by atoms with van der Waals surface area (Å²) < 4.78 is 5.53. The van der Waals surface area contributed by atoms with E-state index in [1.54, 1.807) is 0 Å². The Labute approximate surface area is 67.9 Å². The van der Waals surface area contributed by atoms with Crippen molar-refractivity contribution >= 4 is 5.78 Å². The van der Waals surface area contributed by atoms with Crippen molar-refractivity contribution in [2.24, 2.45) is 5.41 Å². The summed E-state index contributed by atoms with van der Waals surface area (Å²) in [5.74, 6) is 0.314. The highest BCUT2D eigenvalue weighted by Crippen LogP contribution is 2.38. The van der Waals surface area contributed by atoms with Crippen molar-refractivity contribution in [2.45, 2.75) is 39.7 Å². The first-order chi connectivity index (χ1) is 4.88. The van der Waals surface area contributed by atoms with E-state index >= 15 is 0 Å². The van der Waals surface area contributed by atoms with Gasteiger partial charge >= 0.3 is 0 Å². The quantitative estimate of drug-likeness (QED) is 0.534. The molecule has 0 N–H and O–H groups in total. The summed E-state index contributed by atoms with van der Waals surface area (Å²) in [6.07, 6.45) is 0.566. The zero-order chi connectivity index (χ0) is 8.70. The van der Waals surface area contributed by atoms with Crippen LogP contribution >= 0.6 is 0 Å². The zero-order valence-corrected chi connectivity index (χ0v) is 7.73. The Morgan fingerprint density at radius 2 is 1.82 bits per heavy atom. The average molecular weight is 156 g/mol. The third-order valence-corrected chi connectivity index (χ3v) is 2.99. The average Bonchev–Trinajstić information content (AvgIpc) is 1.84. The highest BCUT2D eigenvalue weighted by atomic mass is 16.5. The van der Waals surface area contributed by atoms with Crippen LogP contribution in [0.1, 0.15) is 34.1 Å². The van der Waals surface area contributed by atoms with E-state index in [1.807, 2.05) is 27.7 Å². The molecule has 1 aliphatic rings. The molecule has 1 saturated heterocycles. The van der Waals surface area contributed by atoms with Crippen LogP contribution in [0.15, 0.2) is 0 Å². The molecule has 1 aliphatic heterocycles. The number of carbonyl (C=O) groups excluding carboxylic acids is 1. The number of hydrogen-bond donors (Lipinski definition) is 0. The van der Waals surface area contributed by atoms with Crippen LogP contribution in [0.25, 0.3) is 0 Å². The predicted octanol–water partition coefficient (Wildman–Crippen LogP) is 1.78. The lowest BCUT2D eigenvalue weighted by molar-refractivity contribution is -0.164. The lowest BCUT2D eigenvalue weighted by Crippen LogP contribution is -2.51. The molecule has 1 rings (SSSR count). The van der Waals surface area contributed by atoms with E-state index in [9.17, 15) is 4.79 Å². The molecule has 0 aliphatic carbocycles. The summed E-state index contributed by atoms with van der Waals surface area (Å²) in [7, 11) is 0. The zero-order valence-electron chi connectivity index (χ0n) is 7.73. The van der Waals surface area contributed by atoms with Crippen LogP contribution in [-0.2, 0) is 9.53 Å². The van der Waals surface area contributed by atoms with Crippen LogP contribution in [0.5, 0.6) is 0 Å². The summed E-state index contributed by atoms with van der Waals surface area (Å²) in [6, 6.07) is 0. The topological polar surface area (TPSA) is 26.3 Å².